The van der Waals surface area contributed by atoms with Gasteiger partial charge in [-0.25, -0.2) is 0 Å². The van der Waals surface area contributed by atoms with Crippen molar-refractivity contribution in [3.05, 3.63) is 0 Å². The first-order valence-electron chi connectivity index (χ1n) is 5.38. The third-order valence-electron chi connectivity index (χ3n) is 1.76. The highest BCUT2D eigenvalue weighted by molar-refractivity contribution is 8.00. The lowest BCUT2D eigenvalue weighted by atomic mass is 10.4. The summed E-state index contributed by atoms with van der Waals surface area (Å²) in [5.41, 5.74) is 0. The summed E-state index contributed by atoms with van der Waals surface area (Å²) in [7, 11) is 1.54. The SMILES string of the molecule is COCCNC(=O)CCNC(=O)CSCC(=O)O. The van der Waals surface area contributed by atoms with E-state index >= 15 is 0 Å². The minimum atomic E-state index is -0.953. The van der Waals surface area contributed by atoms with Crippen LogP contribution < -0.4 is 10.6 Å². The Balaban J connectivity index is 3.44. The molecule has 0 heterocycles. The van der Waals surface area contributed by atoms with Gasteiger partial charge in [0.05, 0.1) is 18.1 Å². The van der Waals surface area contributed by atoms with Gasteiger partial charge in [0.15, 0.2) is 0 Å². The second kappa shape index (κ2) is 10.8. The Hall–Kier alpha value is -1.28. The zero-order chi connectivity index (χ0) is 13.8. The largest absolute Gasteiger partial charge is 0.481 e. The summed E-state index contributed by atoms with van der Waals surface area (Å²) >= 11 is 1.02. The highest BCUT2D eigenvalue weighted by Gasteiger charge is 2.05. The molecule has 2 amide bonds. The second-order valence-corrected chi connectivity index (χ2v) is 4.31. The van der Waals surface area contributed by atoms with Gasteiger partial charge in [-0.15, -0.1) is 11.8 Å². The third-order valence-corrected chi connectivity index (χ3v) is 2.68. The first-order valence-corrected chi connectivity index (χ1v) is 6.53. The molecule has 3 N–H and O–H groups in total. The Labute approximate surface area is 110 Å². The van der Waals surface area contributed by atoms with Crippen LogP contribution >= 0.6 is 11.8 Å². The molecule has 104 valence electrons. The summed E-state index contributed by atoms with van der Waals surface area (Å²) in [6, 6.07) is 0. The number of carbonyl (C=O) groups is 3. The molecule has 0 bridgehead atoms. The summed E-state index contributed by atoms with van der Waals surface area (Å²) in [4.78, 5) is 32.6. The molecule has 0 radical (unpaired) electrons. The zero-order valence-electron chi connectivity index (χ0n) is 10.2. The monoisotopic (exact) mass is 278 g/mol. The van der Waals surface area contributed by atoms with Crippen LogP contribution in [-0.2, 0) is 19.1 Å². The lowest BCUT2D eigenvalue weighted by molar-refractivity contribution is -0.134. The highest BCUT2D eigenvalue weighted by atomic mass is 32.2. The van der Waals surface area contributed by atoms with E-state index < -0.39 is 5.97 Å². The van der Waals surface area contributed by atoms with Crippen molar-refractivity contribution < 1.29 is 24.2 Å². The number of carboxylic acid groups (broad SMARTS) is 1. The molecule has 0 atom stereocenters. The topological polar surface area (TPSA) is 105 Å². The Bertz CT molecular complexity index is 285. The van der Waals surface area contributed by atoms with Crippen LogP contribution in [0, 0.1) is 0 Å². The molecular formula is C10H18N2O5S. The molecule has 18 heavy (non-hydrogen) atoms. The number of amides is 2. The van der Waals surface area contributed by atoms with Crippen LogP contribution in [0.1, 0.15) is 6.42 Å². The minimum absolute atomic E-state index is 0.0809. The van der Waals surface area contributed by atoms with Crippen LogP contribution in [0.2, 0.25) is 0 Å². The van der Waals surface area contributed by atoms with E-state index in [1.54, 1.807) is 7.11 Å². The van der Waals surface area contributed by atoms with E-state index in [4.69, 9.17) is 9.84 Å². The van der Waals surface area contributed by atoms with Gasteiger partial charge in [0.1, 0.15) is 0 Å². The number of hydrogen-bond donors (Lipinski definition) is 3. The quantitative estimate of drug-likeness (QED) is 0.446. The second-order valence-electron chi connectivity index (χ2n) is 3.33. The van der Waals surface area contributed by atoms with Gasteiger partial charge in [0.2, 0.25) is 11.8 Å². The highest BCUT2D eigenvalue weighted by Crippen LogP contribution is 1.97. The molecule has 0 aromatic carbocycles. The van der Waals surface area contributed by atoms with Crippen molar-refractivity contribution in [3.8, 4) is 0 Å². The standard InChI is InChI=1S/C10H18N2O5S/c1-17-5-4-12-8(13)2-3-11-9(14)6-18-7-10(15)16/h2-7H2,1H3,(H,11,14)(H,12,13)(H,15,16). The summed E-state index contributed by atoms with van der Waals surface area (Å²) in [5, 5.41) is 13.5. The van der Waals surface area contributed by atoms with Crippen LogP contribution in [-0.4, -0.2) is 61.2 Å². The van der Waals surface area contributed by atoms with Gasteiger partial charge in [-0.2, -0.15) is 0 Å². The number of carboxylic acids is 1. The van der Waals surface area contributed by atoms with Crippen molar-refractivity contribution in [3.63, 3.8) is 0 Å². The maximum atomic E-state index is 11.2. The molecule has 0 spiro atoms. The maximum absolute atomic E-state index is 11.2. The Kier molecular flexibility index (Phi) is 10.1. The molecule has 0 aliphatic heterocycles. The van der Waals surface area contributed by atoms with Crippen molar-refractivity contribution in [2.75, 3.05) is 38.3 Å². The molecule has 0 aliphatic carbocycles. The molecule has 0 saturated heterocycles. The average Bonchev–Trinajstić information content (AvgIpc) is 2.29. The van der Waals surface area contributed by atoms with E-state index in [1.807, 2.05) is 0 Å². The summed E-state index contributed by atoms with van der Waals surface area (Å²) in [6.07, 6.45) is 0.194. The van der Waals surface area contributed by atoms with Gasteiger partial charge in [0, 0.05) is 26.6 Å². The number of nitrogens with one attached hydrogen (secondary N) is 2. The molecule has 0 fully saturated rings. The molecule has 0 aliphatic rings. The number of hydrogen-bond acceptors (Lipinski definition) is 5. The Morgan fingerprint density at radius 1 is 1.11 bits per heavy atom. The Morgan fingerprint density at radius 3 is 2.39 bits per heavy atom. The van der Waals surface area contributed by atoms with E-state index in [1.165, 1.54) is 0 Å². The lowest BCUT2D eigenvalue weighted by Crippen LogP contribution is -2.33. The number of rotatable bonds is 10. The number of ether oxygens (including phenoxy) is 1. The summed E-state index contributed by atoms with van der Waals surface area (Å²) < 4.78 is 4.76. The zero-order valence-corrected chi connectivity index (χ0v) is 11.0. The predicted molar refractivity (Wildman–Crippen MR) is 67.5 cm³/mol. The molecule has 8 heteroatoms. The number of methoxy groups -OCH3 is 1. The van der Waals surface area contributed by atoms with Gasteiger partial charge in [0.25, 0.3) is 0 Å². The number of aliphatic carboxylic acids is 1. The molecule has 0 aromatic rings. The normalized spacial score (nSPS) is 9.83. The predicted octanol–water partition coefficient (Wildman–Crippen LogP) is -0.927. The van der Waals surface area contributed by atoms with Crippen LogP contribution in [0.3, 0.4) is 0 Å². The van der Waals surface area contributed by atoms with Gasteiger partial charge in [-0.1, -0.05) is 0 Å². The van der Waals surface area contributed by atoms with Crippen LogP contribution in [0.4, 0.5) is 0 Å². The summed E-state index contributed by atoms with van der Waals surface area (Å²) in [5.74, 6) is -1.41. The van der Waals surface area contributed by atoms with Crippen LogP contribution in [0.25, 0.3) is 0 Å². The number of thioether (sulfide) groups is 1. The smallest absolute Gasteiger partial charge is 0.313 e. The van der Waals surface area contributed by atoms with Crippen molar-refractivity contribution in [1.82, 2.24) is 10.6 Å². The van der Waals surface area contributed by atoms with Crippen LogP contribution in [0.5, 0.6) is 0 Å². The van der Waals surface area contributed by atoms with Crippen molar-refractivity contribution in [2.45, 2.75) is 6.42 Å². The fraction of sp³-hybridized carbons (Fsp3) is 0.700. The van der Waals surface area contributed by atoms with E-state index in [0.29, 0.717) is 13.2 Å². The van der Waals surface area contributed by atoms with Crippen molar-refractivity contribution in [1.29, 1.82) is 0 Å². The molecule has 7 nitrogen and oxygen atoms in total. The van der Waals surface area contributed by atoms with Crippen molar-refractivity contribution >= 4 is 29.5 Å². The van der Waals surface area contributed by atoms with Gasteiger partial charge in [-0.3, -0.25) is 14.4 Å². The average molecular weight is 278 g/mol. The molecule has 0 aromatic heterocycles. The molecule has 0 unspecified atom stereocenters. The third kappa shape index (κ3) is 11.2. The first-order chi connectivity index (χ1) is 8.56. The van der Waals surface area contributed by atoms with E-state index in [9.17, 15) is 14.4 Å². The molecular weight excluding hydrogens is 260 g/mol. The molecule has 0 rings (SSSR count). The van der Waals surface area contributed by atoms with Gasteiger partial charge < -0.3 is 20.5 Å². The maximum Gasteiger partial charge on any atom is 0.313 e. The van der Waals surface area contributed by atoms with E-state index in [-0.39, 0.29) is 36.3 Å². The fourth-order valence-corrected chi connectivity index (χ4v) is 1.54. The van der Waals surface area contributed by atoms with E-state index in [0.717, 1.165) is 11.8 Å². The summed E-state index contributed by atoms with van der Waals surface area (Å²) in [6.45, 7) is 1.13. The first kappa shape index (κ1) is 16.7. The van der Waals surface area contributed by atoms with Crippen molar-refractivity contribution in [2.24, 2.45) is 0 Å². The van der Waals surface area contributed by atoms with Gasteiger partial charge >= 0.3 is 5.97 Å². The minimum Gasteiger partial charge on any atom is -0.481 e. The van der Waals surface area contributed by atoms with Gasteiger partial charge in [-0.05, 0) is 0 Å². The number of carbonyl (C=O) groups excluding carboxylic acids is 2. The molecule has 0 saturated carbocycles. The van der Waals surface area contributed by atoms with Crippen LogP contribution in [0.15, 0.2) is 0 Å². The Morgan fingerprint density at radius 2 is 1.78 bits per heavy atom. The van der Waals surface area contributed by atoms with E-state index in [2.05, 4.69) is 10.6 Å². The fourth-order valence-electron chi connectivity index (χ4n) is 0.978. The lowest BCUT2D eigenvalue weighted by Gasteiger charge is -2.05.